The number of hydrogen-bond acceptors (Lipinski definition) is 2. The van der Waals surface area contributed by atoms with Gasteiger partial charge in [-0.25, -0.2) is 0 Å². The predicted octanol–water partition coefficient (Wildman–Crippen LogP) is 3.32. The number of carbonyl (C=O) groups is 1. The highest BCUT2D eigenvalue weighted by molar-refractivity contribution is 6.14. The van der Waals surface area contributed by atoms with Gasteiger partial charge < -0.3 is 0 Å². The highest BCUT2D eigenvalue weighted by atomic mass is 35.5. The minimum Gasteiger partial charge on any atom is -0.270 e. The van der Waals surface area contributed by atoms with E-state index in [1.807, 2.05) is 45.9 Å². The van der Waals surface area contributed by atoms with Gasteiger partial charge in [0.15, 0.2) is 0 Å². The van der Waals surface area contributed by atoms with Crippen LogP contribution in [0.4, 0.5) is 0 Å². The molecule has 96 valence electrons. The van der Waals surface area contributed by atoms with Crippen LogP contribution in [-0.2, 0) is 0 Å². The normalized spacial score (nSPS) is 10.9. The van der Waals surface area contributed by atoms with Gasteiger partial charge in [-0.1, -0.05) is 17.7 Å². The van der Waals surface area contributed by atoms with Crippen LogP contribution in [0.15, 0.2) is 24.3 Å². The van der Waals surface area contributed by atoms with E-state index in [-0.39, 0.29) is 23.9 Å². The first-order chi connectivity index (χ1) is 7.30. The Bertz CT molecular complexity index is 388. The topological polar surface area (TPSA) is 32.3 Å². The molecule has 0 heterocycles. The molecule has 0 saturated heterocycles. The van der Waals surface area contributed by atoms with Crippen molar-refractivity contribution in [1.29, 1.82) is 0 Å². The maximum atomic E-state index is 11.8. The van der Waals surface area contributed by atoms with Crippen molar-refractivity contribution in [2.75, 3.05) is 0 Å². The number of nitrogens with zero attached hydrogens (tertiary/aromatic N) is 1. The Hall–Kier alpha value is -0.770. The van der Waals surface area contributed by atoms with Gasteiger partial charge in [-0.2, -0.15) is 0 Å². The molecule has 5 heteroatoms. The second-order valence-corrected chi connectivity index (χ2v) is 5.10. The van der Waals surface area contributed by atoms with Crippen molar-refractivity contribution in [3.63, 3.8) is 0 Å². The molecule has 0 aliphatic heterocycles. The summed E-state index contributed by atoms with van der Waals surface area (Å²) in [6.07, 6.45) is 0. The summed E-state index contributed by atoms with van der Waals surface area (Å²) < 4.78 is 1.29. The predicted molar refractivity (Wildman–Crippen MR) is 73.3 cm³/mol. The molecular formula is C12H18Cl2N2O. The van der Waals surface area contributed by atoms with E-state index in [2.05, 4.69) is 5.43 Å². The quantitative estimate of drug-likeness (QED) is 0.664. The van der Waals surface area contributed by atoms with Gasteiger partial charge in [-0.05, 0) is 39.8 Å². The third kappa shape index (κ3) is 4.94. The largest absolute Gasteiger partial charge is 0.270 e. The summed E-state index contributed by atoms with van der Waals surface area (Å²) in [4.78, 5) is 11.8. The Balaban J connectivity index is 0.00000256. The van der Waals surface area contributed by atoms with Gasteiger partial charge in [0.25, 0.3) is 5.91 Å². The summed E-state index contributed by atoms with van der Waals surface area (Å²) in [6, 6.07) is 7.37. The van der Waals surface area contributed by atoms with Crippen LogP contribution in [-0.4, -0.2) is 16.0 Å². The van der Waals surface area contributed by atoms with E-state index >= 15 is 0 Å². The maximum absolute atomic E-state index is 11.8. The number of rotatable bonds is 2. The number of hydrazine groups is 1. The molecule has 0 aliphatic rings. The fraction of sp³-hybridized carbons (Fsp3) is 0.417. The van der Waals surface area contributed by atoms with Gasteiger partial charge in [0.2, 0.25) is 0 Å². The van der Waals surface area contributed by atoms with E-state index in [4.69, 9.17) is 11.8 Å². The molecule has 0 aliphatic carbocycles. The molecule has 1 aromatic rings. The van der Waals surface area contributed by atoms with E-state index in [1.54, 1.807) is 6.07 Å². The Morgan fingerprint density at radius 2 is 1.94 bits per heavy atom. The van der Waals surface area contributed by atoms with Crippen LogP contribution in [0.25, 0.3) is 0 Å². The zero-order valence-corrected chi connectivity index (χ0v) is 12.0. The second kappa shape index (κ2) is 6.24. The number of amides is 1. The van der Waals surface area contributed by atoms with Gasteiger partial charge in [-0.3, -0.25) is 10.2 Å². The van der Waals surface area contributed by atoms with Gasteiger partial charge in [-0.15, -0.1) is 16.9 Å². The van der Waals surface area contributed by atoms with E-state index in [9.17, 15) is 4.79 Å². The lowest BCUT2D eigenvalue weighted by Crippen LogP contribution is -2.46. The molecule has 1 rings (SSSR count). The molecule has 1 aromatic carbocycles. The summed E-state index contributed by atoms with van der Waals surface area (Å²) in [5, 5.41) is 0. The molecule has 17 heavy (non-hydrogen) atoms. The third-order valence-electron chi connectivity index (χ3n) is 2.07. The molecule has 0 bridgehead atoms. The van der Waals surface area contributed by atoms with Gasteiger partial charge >= 0.3 is 0 Å². The number of aryl methyl sites for hydroxylation is 1. The zero-order valence-electron chi connectivity index (χ0n) is 10.5. The molecule has 0 unspecified atom stereocenters. The highest BCUT2D eigenvalue weighted by Gasteiger charge is 2.21. The summed E-state index contributed by atoms with van der Waals surface area (Å²) in [5.41, 5.74) is 3.96. The van der Waals surface area contributed by atoms with Crippen LogP contribution in [0.2, 0.25) is 0 Å². The lowest BCUT2D eigenvalue weighted by molar-refractivity contribution is 0.0806. The molecule has 0 spiro atoms. The Morgan fingerprint density at radius 1 is 1.35 bits per heavy atom. The van der Waals surface area contributed by atoms with Crippen LogP contribution < -0.4 is 5.43 Å². The minimum absolute atomic E-state index is 0. The lowest BCUT2D eigenvalue weighted by atomic mass is 10.1. The average molecular weight is 277 g/mol. The van der Waals surface area contributed by atoms with Crippen LogP contribution in [0.1, 0.15) is 36.7 Å². The van der Waals surface area contributed by atoms with Gasteiger partial charge in [0.05, 0.1) is 0 Å². The standard InChI is InChI=1S/C12H17ClN2O.ClH/c1-9-6-5-7-10(8-9)11(16)14-15(13)12(2,3)4;/h5-8H,1-4H3,(H,14,16);1H. The van der Waals surface area contributed by atoms with Crippen LogP contribution in [0.5, 0.6) is 0 Å². The number of hydrogen-bond donors (Lipinski definition) is 1. The highest BCUT2D eigenvalue weighted by Crippen LogP contribution is 2.13. The summed E-state index contributed by atoms with van der Waals surface area (Å²) in [5.74, 6) is -0.200. The summed E-state index contributed by atoms with van der Waals surface area (Å²) in [6.45, 7) is 7.68. The SMILES string of the molecule is Cc1cccc(C(=O)NN(Cl)C(C)(C)C)c1.Cl. The number of carbonyl (C=O) groups excluding carboxylic acids is 1. The Labute approximate surface area is 114 Å². The van der Waals surface area contributed by atoms with Gasteiger partial charge in [0, 0.05) is 22.9 Å². The molecule has 3 nitrogen and oxygen atoms in total. The molecule has 1 amide bonds. The maximum Gasteiger partial charge on any atom is 0.266 e. The van der Waals surface area contributed by atoms with E-state index in [0.29, 0.717) is 5.56 Å². The Kier molecular flexibility index (Phi) is 5.96. The first-order valence-electron chi connectivity index (χ1n) is 5.14. The van der Waals surface area contributed by atoms with Crippen molar-refractivity contribution in [2.24, 2.45) is 0 Å². The first-order valence-corrected chi connectivity index (χ1v) is 5.48. The summed E-state index contributed by atoms with van der Waals surface area (Å²) >= 11 is 5.94. The Morgan fingerprint density at radius 3 is 2.41 bits per heavy atom. The molecule has 0 aromatic heterocycles. The average Bonchev–Trinajstić information content (AvgIpc) is 2.16. The molecule has 0 saturated carbocycles. The molecule has 0 radical (unpaired) electrons. The van der Waals surface area contributed by atoms with E-state index in [0.717, 1.165) is 5.56 Å². The minimum atomic E-state index is -0.318. The van der Waals surface area contributed by atoms with Crippen molar-refractivity contribution in [2.45, 2.75) is 33.2 Å². The van der Waals surface area contributed by atoms with E-state index < -0.39 is 0 Å². The van der Waals surface area contributed by atoms with Crippen molar-refractivity contribution in [3.8, 4) is 0 Å². The van der Waals surface area contributed by atoms with Crippen molar-refractivity contribution < 1.29 is 4.79 Å². The van der Waals surface area contributed by atoms with Crippen molar-refractivity contribution in [1.82, 2.24) is 9.95 Å². The van der Waals surface area contributed by atoms with E-state index in [1.165, 1.54) is 4.53 Å². The number of halogens is 2. The van der Waals surface area contributed by atoms with Gasteiger partial charge in [0.1, 0.15) is 0 Å². The fourth-order valence-corrected chi connectivity index (χ4v) is 1.18. The fourth-order valence-electron chi connectivity index (χ4n) is 1.11. The lowest BCUT2D eigenvalue weighted by Gasteiger charge is -2.28. The third-order valence-corrected chi connectivity index (χ3v) is 2.66. The molecule has 0 fully saturated rings. The monoisotopic (exact) mass is 276 g/mol. The van der Waals surface area contributed by atoms with Crippen LogP contribution in [0.3, 0.4) is 0 Å². The molecular weight excluding hydrogens is 259 g/mol. The zero-order chi connectivity index (χ0) is 12.3. The summed E-state index contributed by atoms with van der Waals surface area (Å²) in [7, 11) is 0. The van der Waals surface area contributed by atoms with Crippen LogP contribution >= 0.6 is 24.2 Å². The van der Waals surface area contributed by atoms with Crippen molar-refractivity contribution >= 4 is 30.1 Å². The molecule has 0 atom stereocenters. The van der Waals surface area contributed by atoms with Crippen molar-refractivity contribution in [3.05, 3.63) is 35.4 Å². The first kappa shape index (κ1) is 16.2. The number of nitrogens with one attached hydrogen (secondary N) is 1. The molecule has 1 N–H and O–H groups in total. The number of benzene rings is 1. The smallest absolute Gasteiger partial charge is 0.266 e. The second-order valence-electron chi connectivity index (χ2n) is 4.76. The van der Waals surface area contributed by atoms with Crippen LogP contribution in [0, 0.1) is 6.92 Å².